The first kappa shape index (κ1) is 11.8. The molecule has 0 amide bonds. The van der Waals surface area contributed by atoms with Crippen LogP contribution in [0.1, 0.15) is 13.8 Å². The number of allylic oxidation sites excluding steroid dienone is 3. The van der Waals surface area contributed by atoms with Crippen molar-refractivity contribution in [1.82, 2.24) is 4.90 Å². The molecular formula is C11H19N3O. The first-order chi connectivity index (χ1) is 7.15. The molecule has 1 saturated heterocycles. The lowest BCUT2D eigenvalue weighted by molar-refractivity contribution is 0.0534. The van der Waals surface area contributed by atoms with Gasteiger partial charge in [0.25, 0.3) is 0 Å². The van der Waals surface area contributed by atoms with Crippen LogP contribution in [0.2, 0.25) is 0 Å². The van der Waals surface area contributed by atoms with Gasteiger partial charge in [-0.2, -0.15) is 0 Å². The monoisotopic (exact) mass is 209 g/mol. The molecule has 15 heavy (non-hydrogen) atoms. The fourth-order valence-electron chi connectivity index (χ4n) is 1.52. The van der Waals surface area contributed by atoms with Crippen LogP contribution in [-0.4, -0.2) is 37.9 Å². The fourth-order valence-corrected chi connectivity index (χ4v) is 1.52. The first-order valence-electron chi connectivity index (χ1n) is 5.09. The summed E-state index contributed by atoms with van der Waals surface area (Å²) in [4.78, 5) is 5.96. The van der Waals surface area contributed by atoms with Gasteiger partial charge in [0, 0.05) is 18.8 Å². The van der Waals surface area contributed by atoms with E-state index < -0.39 is 0 Å². The van der Waals surface area contributed by atoms with Gasteiger partial charge in [0.15, 0.2) is 0 Å². The minimum absolute atomic E-state index is 0.458. The summed E-state index contributed by atoms with van der Waals surface area (Å²) in [7, 11) is 0. The van der Waals surface area contributed by atoms with Crippen LogP contribution in [0.25, 0.3) is 0 Å². The van der Waals surface area contributed by atoms with E-state index in [0.29, 0.717) is 5.82 Å². The van der Waals surface area contributed by atoms with Gasteiger partial charge in [0.2, 0.25) is 0 Å². The van der Waals surface area contributed by atoms with Gasteiger partial charge in [-0.3, -0.25) is 0 Å². The van der Waals surface area contributed by atoms with Crippen molar-refractivity contribution in [3.63, 3.8) is 0 Å². The van der Waals surface area contributed by atoms with Gasteiger partial charge < -0.3 is 15.4 Å². The smallest absolute Gasteiger partial charge is 0.122 e. The summed E-state index contributed by atoms with van der Waals surface area (Å²) in [5.41, 5.74) is 7.95. The van der Waals surface area contributed by atoms with Gasteiger partial charge in [-0.05, 0) is 32.2 Å². The molecule has 1 heterocycles. The van der Waals surface area contributed by atoms with Crippen molar-refractivity contribution in [1.29, 1.82) is 0 Å². The van der Waals surface area contributed by atoms with E-state index in [-0.39, 0.29) is 0 Å². The molecule has 0 spiro atoms. The Morgan fingerprint density at radius 1 is 1.40 bits per heavy atom. The number of nitrogens with two attached hydrogens (primary N) is 1. The van der Waals surface area contributed by atoms with Crippen molar-refractivity contribution in [3.05, 3.63) is 23.2 Å². The molecule has 1 rings (SSSR count). The molecule has 2 N–H and O–H groups in total. The number of morpholine rings is 1. The van der Waals surface area contributed by atoms with Crippen LogP contribution in [0.3, 0.4) is 0 Å². The molecule has 4 nitrogen and oxygen atoms in total. The molecule has 0 aromatic heterocycles. The highest BCUT2D eigenvalue weighted by atomic mass is 16.5. The minimum Gasteiger partial charge on any atom is -0.384 e. The Bertz CT molecular complexity index is 288. The van der Waals surface area contributed by atoms with Crippen molar-refractivity contribution in [2.45, 2.75) is 13.8 Å². The van der Waals surface area contributed by atoms with Gasteiger partial charge in [-0.25, -0.2) is 4.99 Å². The quantitative estimate of drug-likeness (QED) is 0.559. The lowest BCUT2D eigenvalue weighted by Crippen LogP contribution is -2.35. The average molecular weight is 209 g/mol. The molecule has 1 fully saturated rings. The van der Waals surface area contributed by atoms with Crippen molar-refractivity contribution in [3.8, 4) is 0 Å². The second-order valence-electron chi connectivity index (χ2n) is 3.60. The summed E-state index contributed by atoms with van der Waals surface area (Å²) in [6.45, 7) is 11.0. The maximum atomic E-state index is 5.60. The zero-order chi connectivity index (χ0) is 11.3. The predicted molar refractivity (Wildman–Crippen MR) is 62.6 cm³/mol. The van der Waals surface area contributed by atoms with Crippen LogP contribution in [0.4, 0.5) is 0 Å². The summed E-state index contributed by atoms with van der Waals surface area (Å²) in [5, 5.41) is 0. The summed E-state index contributed by atoms with van der Waals surface area (Å²) in [5.74, 6) is 0.458. The van der Waals surface area contributed by atoms with Crippen LogP contribution in [0.5, 0.6) is 0 Å². The summed E-state index contributed by atoms with van der Waals surface area (Å²) in [6.07, 6.45) is 1.85. The molecule has 4 heteroatoms. The Morgan fingerprint density at radius 3 is 2.53 bits per heavy atom. The molecule has 0 aromatic rings. The predicted octanol–water partition coefficient (Wildman–Crippen LogP) is 1.11. The van der Waals surface area contributed by atoms with Gasteiger partial charge >= 0.3 is 0 Å². The lowest BCUT2D eigenvalue weighted by atomic mass is 10.2. The third-order valence-electron chi connectivity index (χ3n) is 2.60. The standard InChI is InChI=1S/C11H19N3O/c1-9(8-11(12)13-3)10(2)14-4-6-15-7-5-14/h8H,3-7,12H2,1-2H3/b10-9+,11-8-. The molecule has 84 valence electrons. The third kappa shape index (κ3) is 3.40. The van der Waals surface area contributed by atoms with E-state index in [0.717, 1.165) is 31.9 Å². The van der Waals surface area contributed by atoms with Gasteiger partial charge in [0.05, 0.1) is 13.2 Å². The van der Waals surface area contributed by atoms with Crippen molar-refractivity contribution < 1.29 is 4.74 Å². The molecule has 0 saturated carbocycles. The van der Waals surface area contributed by atoms with Crippen molar-refractivity contribution >= 4 is 6.72 Å². The lowest BCUT2D eigenvalue weighted by Gasteiger charge is -2.30. The number of nitrogens with zero attached hydrogens (tertiary/aromatic N) is 2. The number of ether oxygens (including phenoxy) is 1. The maximum absolute atomic E-state index is 5.60. The fraction of sp³-hybridized carbons (Fsp3) is 0.545. The van der Waals surface area contributed by atoms with E-state index in [1.807, 2.05) is 13.0 Å². The second kappa shape index (κ2) is 5.56. The normalized spacial score (nSPS) is 19.9. The number of rotatable bonds is 3. The molecule has 1 aliphatic rings. The Morgan fingerprint density at radius 2 is 2.00 bits per heavy atom. The molecule has 1 aliphatic heterocycles. The summed E-state index contributed by atoms with van der Waals surface area (Å²) < 4.78 is 5.30. The number of aliphatic imine (C=N–C) groups is 1. The number of hydrogen-bond donors (Lipinski definition) is 1. The van der Waals surface area contributed by atoms with Crippen molar-refractivity contribution in [2.24, 2.45) is 10.7 Å². The zero-order valence-electron chi connectivity index (χ0n) is 9.49. The highest BCUT2D eigenvalue weighted by molar-refractivity contribution is 5.32. The van der Waals surface area contributed by atoms with Crippen LogP contribution in [0.15, 0.2) is 28.2 Å². The van der Waals surface area contributed by atoms with E-state index in [2.05, 4.69) is 23.5 Å². The summed E-state index contributed by atoms with van der Waals surface area (Å²) in [6, 6.07) is 0. The Balaban J connectivity index is 2.74. The topological polar surface area (TPSA) is 50.8 Å². The van der Waals surface area contributed by atoms with E-state index in [1.165, 1.54) is 5.70 Å². The zero-order valence-corrected chi connectivity index (χ0v) is 9.49. The molecule has 0 radical (unpaired) electrons. The minimum atomic E-state index is 0.458. The first-order valence-corrected chi connectivity index (χ1v) is 5.09. The SMILES string of the molecule is C=N/C(N)=C\C(C)=C(/C)N1CCOCC1. The molecular weight excluding hydrogens is 190 g/mol. The van der Waals surface area contributed by atoms with E-state index in [1.54, 1.807) is 0 Å². The van der Waals surface area contributed by atoms with Gasteiger partial charge in [0.1, 0.15) is 5.82 Å². The third-order valence-corrected chi connectivity index (χ3v) is 2.60. The largest absolute Gasteiger partial charge is 0.384 e. The molecule has 0 unspecified atom stereocenters. The highest BCUT2D eigenvalue weighted by Crippen LogP contribution is 2.13. The van der Waals surface area contributed by atoms with E-state index >= 15 is 0 Å². The Kier molecular flexibility index (Phi) is 4.37. The number of hydrogen-bond acceptors (Lipinski definition) is 4. The summed E-state index contributed by atoms with van der Waals surface area (Å²) >= 11 is 0. The van der Waals surface area contributed by atoms with E-state index in [9.17, 15) is 0 Å². The van der Waals surface area contributed by atoms with Crippen LogP contribution >= 0.6 is 0 Å². The Labute approximate surface area is 91.1 Å². The van der Waals surface area contributed by atoms with Crippen LogP contribution in [-0.2, 0) is 4.74 Å². The Hall–Kier alpha value is -1.29. The molecule has 0 bridgehead atoms. The second-order valence-corrected chi connectivity index (χ2v) is 3.60. The molecule has 0 aliphatic carbocycles. The highest BCUT2D eigenvalue weighted by Gasteiger charge is 2.11. The molecule has 0 atom stereocenters. The van der Waals surface area contributed by atoms with Gasteiger partial charge in [-0.15, -0.1) is 0 Å². The molecule has 0 aromatic carbocycles. The van der Waals surface area contributed by atoms with Crippen LogP contribution in [0, 0.1) is 0 Å². The van der Waals surface area contributed by atoms with Gasteiger partial charge in [-0.1, -0.05) is 0 Å². The maximum Gasteiger partial charge on any atom is 0.122 e. The van der Waals surface area contributed by atoms with Crippen LogP contribution < -0.4 is 5.73 Å². The van der Waals surface area contributed by atoms with E-state index in [4.69, 9.17) is 10.5 Å². The average Bonchev–Trinajstić information content (AvgIpc) is 2.29. The van der Waals surface area contributed by atoms with Crippen molar-refractivity contribution in [2.75, 3.05) is 26.3 Å².